The summed E-state index contributed by atoms with van der Waals surface area (Å²) in [6.07, 6.45) is -1.05. The molecule has 1 amide bonds. The molecule has 0 unspecified atom stereocenters. The largest absolute Gasteiger partial charge is 0.493 e. The first-order valence-electron chi connectivity index (χ1n) is 8.61. The molecule has 0 aromatic heterocycles. The third-order valence-electron chi connectivity index (χ3n) is 4.51. The van der Waals surface area contributed by atoms with E-state index in [-0.39, 0.29) is 18.6 Å². The highest BCUT2D eigenvalue weighted by molar-refractivity contribution is 5.83. The average molecular weight is 389 g/mol. The Morgan fingerprint density at radius 2 is 2.00 bits per heavy atom. The van der Waals surface area contributed by atoms with E-state index in [4.69, 9.17) is 14.2 Å². The second-order valence-electron chi connectivity index (χ2n) is 6.31. The molecule has 1 aliphatic heterocycles. The lowest BCUT2D eigenvalue weighted by atomic mass is 10.0. The van der Waals surface area contributed by atoms with Crippen molar-refractivity contribution in [3.63, 3.8) is 0 Å². The van der Waals surface area contributed by atoms with Gasteiger partial charge in [0, 0.05) is 12.0 Å². The molecule has 148 valence electrons. The fraction of sp³-hybridized carbons (Fsp3) is 0.300. The van der Waals surface area contributed by atoms with Crippen molar-refractivity contribution < 1.29 is 33.3 Å². The number of hydrogen-bond acceptors (Lipinski definition) is 5. The second kappa shape index (κ2) is 8.16. The Morgan fingerprint density at radius 1 is 1.25 bits per heavy atom. The molecule has 1 aliphatic rings. The Balaban J connectivity index is 1.79. The molecule has 28 heavy (non-hydrogen) atoms. The van der Waals surface area contributed by atoms with Crippen molar-refractivity contribution in [2.45, 2.75) is 25.0 Å². The van der Waals surface area contributed by atoms with Crippen LogP contribution in [0, 0.1) is 5.82 Å². The minimum Gasteiger partial charge on any atom is -0.493 e. The van der Waals surface area contributed by atoms with Crippen LogP contribution in [-0.2, 0) is 16.0 Å². The molecule has 8 heteroatoms. The molecule has 2 N–H and O–H groups in total. The zero-order valence-electron chi connectivity index (χ0n) is 15.4. The minimum atomic E-state index is -1.08. The second-order valence-corrected chi connectivity index (χ2v) is 6.31. The third kappa shape index (κ3) is 4.00. The summed E-state index contributed by atoms with van der Waals surface area (Å²) in [7, 11) is 2.95. The number of benzene rings is 2. The number of amides is 1. The van der Waals surface area contributed by atoms with Crippen LogP contribution >= 0.6 is 0 Å². The van der Waals surface area contributed by atoms with Gasteiger partial charge in [-0.1, -0.05) is 18.2 Å². The Labute approximate surface area is 161 Å². The van der Waals surface area contributed by atoms with E-state index in [9.17, 15) is 19.1 Å². The molecule has 0 bridgehead atoms. The predicted octanol–water partition coefficient (Wildman–Crippen LogP) is 2.48. The first kappa shape index (κ1) is 19.5. The molecule has 0 spiro atoms. The number of carboxylic acids is 1. The maximum atomic E-state index is 13.8. The first-order chi connectivity index (χ1) is 13.4. The van der Waals surface area contributed by atoms with Crippen molar-refractivity contribution in [2.75, 3.05) is 14.2 Å². The maximum Gasteiger partial charge on any atom is 0.305 e. The molecule has 0 fully saturated rings. The lowest BCUT2D eigenvalue weighted by Gasteiger charge is -2.21. The van der Waals surface area contributed by atoms with Crippen LogP contribution in [-0.4, -0.2) is 37.3 Å². The number of ether oxygens (including phenoxy) is 3. The number of carbonyl (C=O) groups excluding carboxylic acids is 1. The van der Waals surface area contributed by atoms with Crippen LogP contribution in [0.2, 0.25) is 0 Å². The predicted molar refractivity (Wildman–Crippen MR) is 97.2 cm³/mol. The molecule has 7 nitrogen and oxygen atoms in total. The van der Waals surface area contributed by atoms with E-state index in [0.717, 1.165) is 0 Å². The fourth-order valence-electron chi connectivity index (χ4n) is 3.14. The summed E-state index contributed by atoms with van der Waals surface area (Å²) in [4.78, 5) is 24.0. The van der Waals surface area contributed by atoms with Gasteiger partial charge < -0.3 is 24.6 Å². The summed E-state index contributed by atoms with van der Waals surface area (Å²) in [6.45, 7) is 0. The Morgan fingerprint density at radius 3 is 2.64 bits per heavy atom. The molecule has 2 aromatic rings. The third-order valence-corrected chi connectivity index (χ3v) is 4.51. The van der Waals surface area contributed by atoms with Crippen molar-refractivity contribution in [3.05, 3.63) is 53.3 Å². The number of para-hydroxylation sites is 1. The van der Waals surface area contributed by atoms with Gasteiger partial charge in [0.1, 0.15) is 0 Å². The van der Waals surface area contributed by atoms with Gasteiger partial charge in [-0.25, -0.2) is 4.39 Å². The number of rotatable bonds is 7. The standard InChI is InChI=1S/C20H20FNO6/c1-26-15-7-6-11(8-16(15)27-2)14(10-18(23)24)22-20(25)17-9-12-4-3-5-13(21)19(12)28-17/h3-8,14,17H,9-10H2,1-2H3,(H,22,25)(H,23,24)/t14-,17-/m0/s1. The van der Waals surface area contributed by atoms with Crippen molar-refractivity contribution >= 4 is 11.9 Å². The number of aliphatic carboxylic acids is 1. The minimum absolute atomic E-state index is 0.0588. The van der Waals surface area contributed by atoms with E-state index in [0.29, 0.717) is 22.6 Å². The quantitative estimate of drug-likeness (QED) is 0.756. The number of fused-ring (bicyclic) bond motifs is 1. The van der Waals surface area contributed by atoms with E-state index in [1.54, 1.807) is 30.3 Å². The van der Waals surface area contributed by atoms with Crippen molar-refractivity contribution in [1.82, 2.24) is 5.32 Å². The molecule has 0 saturated carbocycles. The maximum absolute atomic E-state index is 13.8. The summed E-state index contributed by atoms with van der Waals surface area (Å²) >= 11 is 0. The zero-order chi connectivity index (χ0) is 20.3. The summed E-state index contributed by atoms with van der Waals surface area (Å²) in [6, 6.07) is 8.57. The molecule has 1 heterocycles. The van der Waals surface area contributed by atoms with Gasteiger partial charge in [-0.15, -0.1) is 0 Å². The molecular weight excluding hydrogens is 369 g/mol. The van der Waals surface area contributed by atoms with Crippen LogP contribution < -0.4 is 19.5 Å². The molecule has 0 aliphatic carbocycles. The van der Waals surface area contributed by atoms with Gasteiger partial charge in [-0.3, -0.25) is 9.59 Å². The number of hydrogen-bond donors (Lipinski definition) is 2. The lowest BCUT2D eigenvalue weighted by molar-refractivity contribution is -0.138. The SMILES string of the molecule is COc1ccc([C@H](CC(=O)O)NC(=O)[C@@H]2Cc3cccc(F)c3O2)cc1OC. The number of halogens is 1. The molecule has 0 radical (unpaired) electrons. The van der Waals surface area contributed by atoms with E-state index in [1.165, 1.54) is 20.3 Å². The number of carboxylic acid groups (broad SMARTS) is 1. The van der Waals surface area contributed by atoms with Gasteiger partial charge in [0.05, 0.1) is 26.7 Å². The van der Waals surface area contributed by atoms with Gasteiger partial charge in [0.2, 0.25) is 0 Å². The van der Waals surface area contributed by atoms with Crippen LogP contribution in [0.15, 0.2) is 36.4 Å². The van der Waals surface area contributed by atoms with Crippen LogP contribution in [0.4, 0.5) is 4.39 Å². The molecule has 2 atom stereocenters. The van der Waals surface area contributed by atoms with Gasteiger partial charge in [0.25, 0.3) is 5.91 Å². The number of carbonyl (C=O) groups is 2. The molecule has 3 rings (SSSR count). The smallest absolute Gasteiger partial charge is 0.305 e. The molecule has 0 saturated heterocycles. The van der Waals surface area contributed by atoms with Crippen molar-refractivity contribution in [3.8, 4) is 17.2 Å². The summed E-state index contributed by atoms with van der Waals surface area (Å²) < 4.78 is 29.7. The van der Waals surface area contributed by atoms with Crippen molar-refractivity contribution in [2.24, 2.45) is 0 Å². The monoisotopic (exact) mass is 389 g/mol. The summed E-state index contributed by atoms with van der Waals surface area (Å²) in [5.41, 5.74) is 1.14. The van der Waals surface area contributed by atoms with Crippen LogP contribution in [0.1, 0.15) is 23.6 Å². The zero-order valence-corrected chi connectivity index (χ0v) is 15.4. The number of nitrogens with one attached hydrogen (secondary N) is 1. The van der Waals surface area contributed by atoms with Crippen LogP contribution in [0.5, 0.6) is 17.2 Å². The number of methoxy groups -OCH3 is 2. The Bertz CT molecular complexity index is 900. The molecular formula is C20H20FNO6. The first-order valence-corrected chi connectivity index (χ1v) is 8.61. The van der Waals surface area contributed by atoms with E-state index >= 15 is 0 Å². The van der Waals surface area contributed by atoms with Crippen LogP contribution in [0.25, 0.3) is 0 Å². The normalized spacial score (nSPS) is 15.9. The van der Waals surface area contributed by atoms with E-state index in [1.807, 2.05) is 0 Å². The van der Waals surface area contributed by atoms with Crippen LogP contribution in [0.3, 0.4) is 0 Å². The van der Waals surface area contributed by atoms with Gasteiger partial charge in [0.15, 0.2) is 29.2 Å². The highest BCUT2D eigenvalue weighted by Gasteiger charge is 2.33. The highest BCUT2D eigenvalue weighted by atomic mass is 19.1. The van der Waals surface area contributed by atoms with Gasteiger partial charge in [-0.05, 0) is 23.8 Å². The summed E-state index contributed by atoms with van der Waals surface area (Å²) in [5.74, 6) is -1.18. The fourth-order valence-corrected chi connectivity index (χ4v) is 3.14. The molecule has 2 aromatic carbocycles. The average Bonchev–Trinajstić information content (AvgIpc) is 3.12. The highest BCUT2D eigenvalue weighted by Crippen LogP contribution is 2.33. The van der Waals surface area contributed by atoms with E-state index in [2.05, 4.69) is 5.32 Å². The van der Waals surface area contributed by atoms with Gasteiger partial charge in [-0.2, -0.15) is 0 Å². The lowest BCUT2D eigenvalue weighted by Crippen LogP contribution is -2.40. The topological polar surface area (TPSA) is 94.1 Å². The summed E-state index contributed by atoms with van der Waals surface area (Å²) in [5, 5.41) is 11.9. The van der Waals surface area contributed by atoms with Crippen molar-refractivity contribution in [1.29, 1.82) is 0 Å². The Kier molecular flexibility index (Phi) is 5.67. The Hall–Kier alpha value is -3.29. The van der Waals surface area contributed by atoms with E-state index < -0.39 is 29.8 Å². The van der Waals surface area contributed by atoms with Gasteiger partial charge >= 0.3 is 5.97 Å².